The molecule has 0 bridgehead atoms. The molecule has 4 heteroatoms. The van der Waals surface area contributed by atoms with Crippen molar-refractivity contribution >= 4 is 0 Å². The van der Waals surface area contributed by atoms with Crippen LogP contribution in [0, 0.1) is 0 Å². The van der Waals surface area contributed by atoms with Gasteiger partial charge in [-0.25, -0.2) is 0 Å². The Morgan fingerprint density at radius 3 is 2.05 bits per heavy atom. The van der Waals surface area contributed by atoms with Crippen LogP contribution in [0.1, 0.15) is 43.2 Å². The highest BCUT2D eigenvalue weighted by atomic mass is 19.4. The summed E-state index contributed by atoms with van der Waals surface area (Å²) in [6.45, 7) is 0.575. The molecular formula is C15H20F3N. The summed E-state index contributed by atoms with van der Waals surface area (Å²) in [7, 11) is 0. The van der Waals surface area contributed by atoms with Crippen molar-refractivity contribution in [2.24, 2.45) is 5.73 Å². The molecule has 0 aliphatic heterocycles. The van der Waals surface area contributed by atoms with Gasteiger partial charge in [0.25, 0.3) is 0 Å². The molecule has 0 aromatic heterocycles. The van der Waals surface area contributed by atoms with E-state index in [1.165, 1.54) is 6.42 Å². The van der Waals surface area contributed by atoms with Crippen LogP contribution in [0.3, 0.4) is 0 Å². The Hall–Kier alpha value is -1.03. The van der Waals surface area contributed by atoms with Crippen LogP contribution in [0.2, 0.25) is 0 Å². The molecule has 106 valence electrons. The van der Waals surface area contributed by atoms with E-state index < -0.39 is 12.6 Å². The third kappa shape index (κ3) is 3.50. The summed E-state index contributed by atoms with van der Waals surface area (Å²) in [4.78, 5) is 0. The van der Waals surface area contributed by atoms with Gasteiger partial charge in [-0.3, -0.25) is 0 Å². The molecule has 0 atom stereocenters. The van der Waals surface area contributed by atoms with Gasteiger partial charge in [-0.2, -0.15) is 13.2 Å². The number of alkyl halides is 3. The predicted molar refractivity (Wildman–Crippen MR) is 70.0 cm³/mol. The fourth-order valence-electron chi connectivity index (χ4n) is 3.05. The summed E-state index contributed by atoms with van der Waals surface area (Å²) in [5, 5.41) is 0. The molecule has 0 radical (unpaired) electrons. The van der Waals surface area contributed by atoms with E-state index in [0.29, 0.717) is 12.1 Å². The first-order valence-corrected chi connectivity index (χ1v) is 6.81. The third-order valence-corrected chi connectivity index (χ3v) is 4.17. The van der Waals surface area contributed by atoms with Gasteiger partial charge in [0.1, 0.15) is 0 Å². The zero-order valence-electron chi connectivity index (χ0n) is 11.0. The first-order chi connectivity index (χ1) is 8.95. The second-order valence-corrected chi connectivity index (χ2v) is 5.53. The Labute approximate surface area is 112 Å². The molecule has 0 spiro atoms. The van der Waals surface area contributed by atoms with E-state index in [9.17, 15) is 13.2 Å². The second kappa shape index (κ2) is 5.53. The van der Waals surface area contributed by atoms with Crippen molar-refractivity contribution in [2.45, 2.75) is 50.1 Å². The smallest absolute Gasteiger partial charge is 0.330 e. The average molecular weight is 271 g/mol. The molecule has 0 heterocycles. The molecule has 0 amide bonds. The zero-order chi connectivity index (χ0) is 13.9. The summed E-state index contributed by atoms with van der Waals surface area (Å²) in [5.74, 6) is 0. The van der Waals surface area contributed by atoms with E-state index in [2.05, 4.69) is 0 Å². The van der Waals surface area contributed by atoms with Gasteiger partial charge in [-0.15, -0.1) is 0 Å². The lowest BCUT2D eigenvalue weighted by atomic mass is 9.69. The van der Waals surface area contributed by atoms with Gasteiger partial charge >= 0.3 is 6.18 Å². The van der Waals surface area contributed by atoms with Crippen molar-refractivity contribution in [3.63, 3.8) is 0 Å². The van der Waals surface area contributed by atoms with Gasteiger partial charge in [-0.05, 0) is 24.0 Å². The number of nitrogens with two attached hydrogens (primary N) is 1. The normalized spacial score (nSPS) is 19.4. The minimum Gasteiger partial charge on any atom is -0.330 e. The highest BCUT2D eigenvalue weighted by Gasteiger charge is 2.33. The molecule has 0 unspecified atom stereocenters. The lowest BCUT2D eigenvalue weighted by Crippen LogP contribution is -2.37. The van der Waals surface area contributed by atoms with Crippen molar-refractivity contribution in [2.75, 3.05) is 6.54 Å². The SMILES string of the molecule is NCC1(c2ccc(CC(F)(F)F)cc2)CCCCC1. The number of hydrogen-bond donors (Lipinski definition) is 1. The molecule has 0 saturated heterocycles. The van der Waals surface area contributed by atoms with Crippen LogP contribution < -0.4 is 5.73 Å². The summed E-state index contributed by atoms with van der Waals surface area (Å²) in [6, 6.07) is 6.85. The maximum atomic E-state index is 12.3. The summed E-state index contributed by atoms with van der Waals surface area (Å²) >= 11 is 0. The van der Waals surface area contributed by atoms with E-state index in [1.54, 1.807) is 12.1 Å². The van der Waals surface area contributed by atoms with Crippen LogP contribution in [0.4, 0.5) is 13.2 Å². The fraction of sp³-hybridized carbons (Fsp3) is 0.600. The molecule has 1 nitrogen and oxygen atoms in total. The van der Waals surface area contributed by atoms with Crippen LogP contribution in [0.15, 0.2) is 24.3 Å². The molecule has 1 aliphatic rings. The molecule has 1 aromatic rings. The second-order valence-electron chi connectivity index (χ2n) is 5.53. The van der Waals surface area contributed by atoms with E-state index in [-0.39, 0.29) is 5.41 Å². The minimum atomic E-state index is -4.14. The number of rotatable bonds is 3. The van der Waals surface area contributed by atoms with E-state index >= 15 is 0 Å². The van der Waals surface area contributed by atoms with E-state index in [0.717, 1.165) is 31.2 Å². The van der Waals surface area contributed by atoms with Crippen molar-refractivity contribution < 1.29 is 13.2 Å². The summed E-state index contributed by atoms with van der Waals surface area (Å²) in [5.41, 5.74) is 7.33. The molecule has 1 aromatic carbocycles. The Balaban J connectivity index is 2.16. The monoisotopic (exact) mass is 271 g/mol. The van der Waals surface area contributed by atoms with Gasteiger partial charge in [0.2, 0.25) is 0 Å². The van der Waals surface area contributed by atoms with Crippen molar-refractivity contribution in [1.82, 2.24) is 0 Å². The minimum absolute atomic E-state index is 0.0188. The first kappa shape index (κ1) is 14.4. The number of benzene rings is 1. The van der Waals surface area contributed by atoms with Crippen LogP contribution >= 0.6 is 0 Å². The summed E-state index contributed by atoms with van der Waals surface area (Å²) in [6.07, 6.45) is 0.627. The highest BCUT2D eigenvalue weighted by molar-refractivity contribution is 5.30. The van der Waals surface area contributed by atoms with E-state index in [4.69, 9.17) is 5.73 Å². The third-order valence-electron chi connectivity index (χ3n) is 4.17. The largest absolute Gasteiger partial charge is 0.393 e. The van der Waals surface area contributed by atoms with Gasteiger partial charge in [0, 0.05) is 12.0 Å². The molecule has 19 heavy (non-hydrogen) atoms. The molecule has 2 rings (SSSR count). The molecule has 1 saturated carbocycles. The lowest BCUT2D eigenvalue weighted by molar-refractivity contribution is -0.127. The lowest BCUT2D eigenvalue weighted by Gasteiger charge is -2.37. The summed E-state index contributed by atoms with van der Waals surface area (Å²) < 4.78 is 37.0. The van der Waals surface area contributed by atoms with Crippen LogP contribution in [-0.2, 0) is 11.8 Å². The van der Waals surface area contributed by atoms with Gasteiger partial charge in [0.15, 0.2) is 0 Å². The van der Waals surface area contributed by atoms with Gasteiger partial charge < -0.3 is 5.73 Å². The van der Waals surface area contributed by atoms with E-state index in [1.807, 2.05) is 12.1 Å². The Morgan fingerprint density at radius 1 is 1.00 bits per heavy atom. The van der Waals surface area contributed by atoms with Crippen LogP contribution in [0.5, 0.6) is 0 Å². The highest BCUT2D eigenvalue weighted by Crippen LogP contribution is 2.38. The molecule has 2 N–H and O–H groups in total. The molecule has 1 aliphatic carbocycles. The number of halogens is 3. The van der Waals surface area contributed by atoms with Crippen molar-refractivity contribution in [1.29, 1.82) is 0 Å². The van der Waals surface area contributed by atoms with Gasteiger partial charge in [-0.1, -0.05) is 43.5 Å². The molecule has 1 fully saturated rings. The number of hydrogen-bond acceptors (Lipinski definition) is 1. The van der Waals surface area contributed by atoms with Crippen LogP contribution in [0.25, 0.3) is 0 Å². The topological polar surface area (TPSA) is 26.0 Å². The van der Waals surface area contributed by atoms with Crippen molar-refractivity contribution in [3.8, 4) is 0 Å². The maximum absolute atomic E-state index is 12.3. The van der Waals surface area contributed by atoms with Crippen LogP contribution in [-0.4, -0.2) is 12.7 Å². The first-order valence-electron chi connectivity index (χ1n) is 6.81. The van der Waals surface area contributed by atoms with Gasteiger partial charge in [0.05, 0.1) is 6.42 Å². The fourth-order valence-corrected chi connectivity index (χ4v) is 3.05. The average Bonchev–Trinajstić information content (AvgIpc) is 2.38. The van der Waals surface area contributed by atoms with Crippen molar-refractivity contribution in [3.05, 3.63) is 35.4 Å². The zero-order valence-corrected chi connectivity index (χ0v) is 11.0. The maximum Gasteiger partial charge on any atom is 0.393 e. The Morgan fingerprint density at radius 2 is 1.58 bits per heavy atom. The Kier molecular flexibility index (Phi) is 4.19. The predicted octanol–water partition coefficient (Wildman–Crippen LogP) is 3.95. The quantitative estimate of drug-likeness (QED) is 0.885. The molecular weight excluding hydrogens is 251 g/mol. The standard InChI is InChI=1S/C15H20F3N/c16-15(17,18)10-12-4-6-13(7-5-12)14(11-19)8-2-1-3-9-14/h4-7H,1-3,8-11,19H2. The Bertz CT molecular complexity index is 402.